The van der Waals surface area contributed by atoms with Gasteiger partial charge >= 0.3 is 0 Å². The molecule has 0 heterocycles. The van der Waals surface area contributed by atoms with Gasteiger partial charge in [0.1, 0.15) is 0 Å². The van der Waals surface area contributed by atoms with Gasteiger partial charge < -0.3 is 11.1 Å². The van der Waals surface area contributed by atoms with Crippen molar-refractivity contribution >= 4 is 21.8 Å². The summed E-state index contributed by atoms with van der Waals surface area (Å²) in [6.45, 7) is 2.79. The second-order valence-electron chi connectivity index (χ2n) is 4.69. The molecule has 0 aliphatic carbocycles. The number of nitrogens with two attached hydrogens (primary N) is 1. The summed E-state index contributed by atoms with van der Waals surface area (Å²) >= 11 is 3.55. The number of benzene rings is 2. The molecule has 0 unspecified atom stereocenters. The number of hydrogen-bond donors (Lipinski definition) is 2. The van der Waals surface area contributed by atoms with Crippen LogP contribution in [0.15, 0.2) is 53.0 Å². The molecule has 0 aliphatic rings. The topological polar surface area (TPSA) is 55.1 Å². The Morgan fingerprint density at radius 2 is 2.00 bits per heavy atom. The minimum atomic E-state index is -0.397. The first-order chi connectivity index (χ1) is 9.58. The van der Waals surface area contributed by atoms with Gasteiger partial charge in [0.25, 0.3) is 0 Å². The van der Waals surface area contributed by atoms with Crippen molar-refractivity contribution in [1.82, 2.24) is 5.32 Å². The summed E-state index contributed by atoms with van der Waals surface area (Å²) in [5, 5.41) is 3.44. The highest BCUT2D eigenvalue weighted by Gasteiger charge is 2.08. The molecule has 104 valence electrons. The Hall–Kier alpha value is -1.65. The molecule has 0 aromatic heterocycles. The zero-order chi connectivity index (χ0) is 14.5. The Morgan fingerprint density at radius 1 is 1.25 bits per heavy atom. The lowest BCUT2D eigenvalue weighted by molar-refractivity contribution is 0.1000. The van der Waals surface area contributed by atoms with Crippen LogP contribution in [0.2, 0.25) is 0 Å². The lowest BCUT2D eigenvalue weighted by Gasteiger charge is -2.16. The van der Waals surface area contributed by atoms with E-state index in [4.69, 9.17) is 5.73 Å². The Labute approximate surface area is 127 Å². The highest BCUT2D eigenvalue weighted by atomic mass is 79.9. The number of carbonyl (C=O) groups is 1. The van der Waals surface area contributed by atoms with E-state index in [1.807, 2.05) is 36.4 Å². The predicted octanol–water partition coefficient (Wildman–Crippen LogP) is 3.40. The average molecular weight is 333 g/mol. The van der Waals surface area contributed by atoms with E-state index < -0.39 is 5.91 Å². The first-order valence-corrected chi connectivity index (χ1v) is 7.24. The molecule has 0 radical (unpaired) electrons. The maximum absolute atomic E-state index is 11.2. The summed E-state index contributed by atoms with van der Waals surface area (Å²) in [4.78, 5) is 11.2. The minimum Gasteiger partial charge on any atom is -0.366 e. The van der Waals surface area contributed by atoms with E-state index in [0.717, 1.165) is 10.0 Å². The summed E-state index contributed by atoms with van der Waals surface area (Å²) in [6.07, 6.45) is 0. The second kappa shape index (κ2) is 6.68. The van der Waals surface area contributed by atoms with E-state index in [1.54, 1.807) is 6.07 Å². The van der Waals surface area contributed by atoms with E-state index in [9.17, 15) is 4.79 Å². The number of amides is 1. The quantitative estimate of drug-likeness (QED) is 0.881. The standard InChI is InChI=1S/C16H17BrN2O/c1-11(14-7-2-3-8-15(14)17)19-10-12-5-4-6-13(9-12)16(18)20/h2-9,11,19H,10H2,1H3,(H2,18,20)/t11-/m1/s1. The number of nitrogens with one attached hydrogen (secondary N) is 1. The molecule has 0 aliphatic heterocycles. The third-order valence-electron chi connectivity index (χ3n) is 3.20. The highest BCUT2D eigenvalue weighted by molar-refractivity contribution is 9.10. The molecule has 3 N–H and O–H groups in total. The van der Waals surface area contributed by atoms with Crippen molar-refractivity contribution in [3.05, 3.63) is 69.7 Å². The third kappa shape index (κ3) is 3.68. The van der Waals surface area contributed by atoms with Crippen molar-refractivity contribution in [3.63, 3.8) is 0 Å². The van der Waals surface area contributed by atoms with Crippen molar-refractivity contribution in [2.24, 2.45) is 5.73 Å². The smallest absolute Gasteiger partial charge is 0.248 e. The zero-order valence-electron chi connectivity index (χ0n) is 11.3. The van der Waals surface area contributed by atoms with E-state index in [-0.39, 0.29) is 6.04 Å². The van der Waals surface area contributed by atoms with Crippen LogP contribution in [0.5, 0.6) is 0 Å². The summed E-state index contributed by atoms with van der Waals surface area (Å²) in [6, 6.07) is 15.7. The molecular formula is C16H17BrN2O. The molecule has 3 nitrogen and oxygen atoms in total. The van der Waals surface area contributed by atoms with E-state index in [1.165, 1.54) is 5.56 Å². The van der Waals surface area contributed by atoms with E-state index in [2.05, 4.69) is 34.2 Å². The number of halogens is 1. The van der Waals surface area contributed by atoms with Crippen LogP contribution in [-0.4, -0.2) is 5.91 Å². The van der Waals surface area contributed by atoms with Crippen LogP contribution < -0.4 is 11.1 Å². The van der Waals surface area contributed by atoms with Gasteiger partial charge in [-0.2, -0.15) is 0 Å². The van der Waals surface area contributed by atoms with Gasteiger partial charge in [-0.3, -0.25) is 4.79 Å². The minimum absolute atomic E-state index is 0.211. The Morgan fingerprint density at radius 3 is 2.70 bits per heavy atom. The van der Waals surface area contributed by atoms with Gasteiger partial charge in [-0.15, -0.1) is 0 Å². The Balaban J connectivity index is 2.04. The van der Waals surface area contributed by atoms with Gasteiger partial charge in [0.2, 0.25) is 5.91 Å². The molecule has 4 heteroatoms. The monoisotopic (exact) mass is 332 g/mol. The lowest BCUT2D eigenvalue weighted by atomic mass is 10.1. The van der Waals surface area contributed by atoms with Crippen molar-refractivity contribution in [2.45, 2.75) is 19.5 Å². The van der Waals surface area contributed by atoms with Crippen molar-refractivity contribution in [1.29, 1.82) is 0 Å². The summed E-state index contributed by atoms with van der Waals surface area (Å²) in [5.41, 5.74) is 8.07. The molecule has 2 rings (SSSR count). The molecule has 1 atom stereocenters. The zero-order valence-corrected chi connectivity index (χ0v) is 12.9. The third-order valence-corrected chi connectivity index (χ3v) is 3.92. The first-order valence-electron chi connectivity index (χ1n) is 6.44. The van der Waals surface area contributed by atoms with E-state index >= 15 is 0 Å². The van der Waals surface area contributed by atoms with Crippen LogP contribution in [0.25, 0.3) is 0 Å². The van der Waals surface area contributed by atoms with Gasteiger partial charge in [0, 0.05) is 22.6 Å². The molecular weight excluding hydrogens is 316 g/mol. The number of rotatable bonds is 5. The second-order valence-corrected chi connectivity index (χ2v) is 5.54. The fourth-order valence-electron chi connectivity index (χ4n) is 2.04. The molecule has 20 heavy (non-hydrogen) atoms. The maximum Gasteiger partial charge on any atom is 0.248 e. The van der Waals surface area contributed by atoms with Gasteiger partial charge in [-0.1, -0.05) is 46.3 Å². The largest absolute Gasteiger partial charge is 0.366 e. The molecule has 0 spiro atoms. The molecule has 1 amide bonds. The number of primary amides is 1. The van der Waals surface area contributed by atoms with Crippen LogP contribution in [0, 0.1) is 0 Å². The molecule has 2 aromatic rings. The molecule has 0 fully saturated rings. The van der Waals surface area contributed by atoms with Crippen LogP contribution in [0.4, 0.5) is 0 Å². The van der Waals surface area contributed by atoms with Gasteiger partial charge in [0.15, 0.2) is 0 Å². The SMILES string of the molecule is C[C@@H](NCc1cccc(C(N)=O)c1)c1ccccc1Br. The van der Waals surface area contributed by atoms with Crippen LogP contribution in [0.1, 0.15) is 34.5 Å². The fourth-order valence-corrected chi connectivity index (χ4v) is 2.67. The van der Waals surface area contributed by atoms with Crippen molar-refractivity contribution in [3.8, 4) is 0 Å². The Bertz CT molecular complexity index is 613. The number of carbonyl (C=O) groups excluding carboxylic acids is 1. The number of hydrogen-bond acceptors (Lipinski definition) is 2. The van der Waals surface area contributed by atoms with Gasteiger partial charge in [0.05, 0.1) is 0 Å². The Kier molecular flexibility index (Phi) is 4.93. The first kappa shape index (κ1) is 14.8. The molecule has 0 bridgehead atoms. The molecule has 2 aromatic carbocycles. The maximum atomic E-state index is 11.2. The van der Waals surface area contributed by atoms with Crippen molar-refractivity contribution < 1.29 is 4.79 Å². The van der Waals surface area contributed by atoms with Crippen LogP contribution in [0.3, 0.4) is 0 Å². The fraction of sp³-hybridized carbons (Fsp3) is 0.188. The highest BCUT2D eigenvalue weighted by Crippen LogP contribution is 2.23. The normalized spacial score (nSPS) is 12.1. The summed E-state index contributed by atoms with van der Waals surface area (Å²) < 4.78 is 1.09. The summed E-state index contributed by atoms with van der Waals surface area (Å²) in [5.74, 6) is -0.397. The van der Waals surface area contributed by atoms with E-state index in [0.29, 0.717) is 12.1 Å². The van der Waals surface area contributed by atoms with Gasteiger partial charge in [-0.05, 0) is 36.2 Å². The van der Waals surface area contributed by atoms with Crippen molar-refractivity contribution in [2.75, 3.05) is 0 Å². The predicted molar refractivity (Wildman–Crippen MR) is 84.4 cm³/mol. The van der Waals surface area contributed by atoms with Gasteiger partial charge in [-0.25, -0.2) is 0 Å². The molecule has 0 saturated heterocycles. The molecule has 0 saturated carbocycles. The lowest BCUT2D eigenvalue weighted by Crippen LogP contribution is -2.19. The average Bonchev–Trinajstić information content (AvgIpc) is 2.45. The summed E-state index contributed by atoms with van der Waals surface area (Å²) in [7, 11) is 0. The van der Waals surface area contributed by atoms with Crippen LogP contribution in [-0.2, 0) is 6.54 Å². The van der Waals surface area contributed by atoms with Crippen LogP contribution >= 0.6 is 15.9 Å².